The molecule has 0 amide bonds. The molecule has 1 atom stereocenters. The van der Waals surface area contributed by atoms with Crippen molar-refractivity contribution >= 4 is 0 Å². The lowest BCUT2D eigenvalue weighted by molar-refractivity contribution is -0.0906. The first kappa shape index (κ1) is 9.12. The molecular formula is C7H8F3NO. The molecule has 1 unspecified atom stereocenters. The highest BCUT2D eigenvalue weighted by Crippen LogP contribution is 2.28. The van der Waals surface area contributed by atoms with E-state index in [0.717, 1.165) is 23.3 Å². The van der Waals surface area contributed by atoms with Crippen LogP contribution < -0.4 is 0 Å². The topological polar surface area (TPSA) is 23.5 Å². The van der Waals surface area contributed by atoms with Gasteiger partial charge in [-0.2, -0.15) is 13.2 Å². The van der Waals surface area contributed by atoms with Gasteiger partial charge in [0.25, 0.3) is 0 Å². The van der Waals surface area contributed by atoms with E-state index in [4.69, 9.17) is 5.11 Å². The molecule has 1 rings (SSSR count). The summed E-state index contributed by atoms with van der Waals surface area (Å²) in [6, 6.07) is 0. The summed E-state index contributed by atoms with van der Waals surface area (Å²) in [7, 11) is 1.37. The Morgan fingerprint density at radius 2 is 2.08 bits per heavy atom. The van der Waals surface area contributed by atoms with Crippen LogP contribution in [0.3, 0.4) is 0 Å². The maximum atomic E-state index is 12.0. The Labute approximate surface area is 67.6 Å². The van der Waals surface area contributed by atoms with Gasteiger partial charge in [0, 0.05) is 13.2 Å². The molecule has 0 aliphatic carbocycles. The van der Waals surface area contributed by atoms with Crippen LogP contribution >= 0.6 is 0 Å². The van der Waals surface area contributed by atoms with Crippen LogP contribution in [0.1, 0.15) is 0 Å². The first-order chi connectivity index (χ1) is 5.41. The van der Waals surface area contributed by atoms with Crippen molar-refractivity contribution in [1.82, 2.24) is 4.90 Å². The standard InChI is InChI=1S/C7H8F3NO/c1-11-4-5(7(8,9)10)2-3-6(11)12/h2-4,6,12H,1H3. The molecule has 0 saturated heterocycles. The average Bonchev–Trinajstić information content (AvgIpc) is 1.92. The van der Waals surface area contributed by atoms with Crippen molar-refractivity contribution in [2.24, 2.45) is 0 Å². The highest BCUT2D eigenvalue weighted by Gasteiger charge is 2.33. The predicted molar refractivity (Wildman–Crippen MR) is 37.0 cm³/mol. The summed E-state index contributed by atoms with van der Waals surface area (Å²) in [5.41, 5.74) is -0.754. The van der Waals surface area contributed by atoms with E-state index < -0.39 is 18.0 Å². The van der Waals surface area contributed by atoms with Gasteiger partial charge in [0.1, 0.15) is 6.23 Å². The van der Waals surface area contributed by atoms with E-state index in [0.29, 0.717) is 0 Å². The monoisotopic (exact) mass is 179 g/mol. The number of alkyl halides is 3. The van der Waals surface area contributed by atoms with Gasteiger partial charge in [-0.1, -0.05) is 0 Å². The first-order valence-corrected chi connectivity index (χ1v) is 3.28. The van der Waals surface area contributed by atoms with Crippen LogP contribution in [-0.2, 0) is 0 Å². The summed E-state index contributed by atoms with van der Waals surface area (Å²) in [4.78, 5) is 1.09. The number of aliphatic hydroxyl groups is 1. The molecule has 0 aromatic carbocycles. The molecule has 0 fully saturated rings. The highest BCUT2D eigenvalue weighted by molar-refractivity contribution is 5.27. The molecule has 0 aromatic heterocycles. The molecule has 12 heavy (non-hydrogen) atoms. The third kappa shape index (κ3) is 1.79. The Morgan fingerprint density at radius 3 is 2.50 bits per heavy atom. The number of aliphatic hydroxyl groups excluding tert-OH is 1. The third-order valence-electron chi connectivity index (χ3n) is 1.54. The second-order valence-electron chi connectivity index (χ2n) is 2.52. The van der Waals surface area contributed by atoms with E-state index in [9.17, 15) is 13.2 Å². The van der Waals surface area contributed by atoms with E-state index >= 15 is 0 Å². The fourth-order valence-electron chi connectivity index (χ4n) is 0.832. The van der Waals surface area contributed by atoms with Gasteiger partial charge in [-0.3, -0.25) is 0 Å². The zero-order chi connectivity index (χ0) is 9.35. The lowest BCUT2D eigenvalue weighted by atomic mass is 10.2. The summed E-state index contributed by atoms with van der Waals surface area (Å²) in [6.07, 6.45) is -2.49. The summed E-state index contributed by atoms with van der Waals surface area (Å²) >= 11 is 0. The Bertz CT molecular complexity index is 231. The molecule has 1 N–H and O–H groups in total. The van der Waals surface area contributed by atoms with Crippen molar-refractivity contribution in [2.75, 3.05) is 7.05 Å². The van der Waals surface area contributed by atoms with E-state index in [1.807, 2.05) is 0 Å². The van der Waals surface area contributed by atoms with Gasteiger partial charge in [-0.05, 0) is 12.2 Å². The van der Waals surface area contributed by atoms with Crippen LogP contribution in [0.5, 0.6) is 0 Å². The van der Waals surface area contributed by atoms with Gasteiger partial charge in [-0.15, -0.1) is 0 Å². The van der Waals surface area contributed by atoms with Crippen molar-refractivity contribution in [3.05, 3.63) is 23.9 Å². The summed E-state index contributed by atoms with van der Waals surface area (Å²) < 4.78 is 36.0. The molecule has 5 heteroatoms. The van der Waals surface area contributed by atoms with Crippen molar-refractivity contribution in [2.45, 2.75) is 12.4 Å². The SMILES string of the molecule is CN1C=C(C(F)(F)F)C=CC1O. The normalized spacial score (nSPS) is 24.2. The van der Waals surface area contributed by atoms with E-state index in [1.165, 1.54) is 7.05 Å². The summed E-state index contributed by atoms with van der Waals surface area (Å²) in [5.74, 6) is 0. The largest absolute Gasteiger partial charge is 0.417 e. The second kappa shape index (κ2) is 2.82. The fourth-order valence-corrected chi connectivity index (χ4v) is 0.832. The lowest BCUT2D eigenvalue weighted by Crippen LogP contribution is -2.29. The molecule has 0 radical (unpaired) electrons. The minimum absolute atomic E-state index is 0.754. The molecule has 1 aliphatic heterocycles. The van der Waals surface area contributed by atoms with Crippen LogP contribution in [0.15, 0.2) is 23.9 Å². The maximum absolute atomic E-state index is 12.0. The van der Waals surface area contributed by atoms with Crippen LogP contribution in [0.2, 0.25) is 0 Å². The van der Waals surface area contributed by atoms with Gasteiger partial charge < -0.3 is 10.0 Å². The Kier molecular flexibility index (Phi) is 2.14. The zero-order valence-corrected chi connectivity index (χ0v) is 6.34. The van der Waals surface area contributed by atoms with Crippen molar-refractivity contribution in [1.29, 1.82) is 0 Å². The zero-order valence-electron chi connectivity index (χ0n) is 6.34. The highest BCUT2D eigenvalue weighted by atomic mass is 19.4. The molecule has 0 spiro atoms. The molecular weight excluding hydrogens is 171 g/mol. The molecule has 0 aromatic rings. The second-order valence-corrected chi connectivity index (χ2v) is 2.52. The van der Waals surface area contributed by atoms with Gasteiger partial charge in [0.05, 0.1) is 5.57 Å². The lowest BCUT2D eigenvalue weighted by Gasteiger charge is -2.24. The molecule has 1 heterocycles. The third-order valence-corrected chi connectivity index (χ3v) is 1.54. The van der Waals surface area contributed by atoms with Crippen LogP contribution in [0, 0.1) is 0 Å². The number of hydrogen-bond acceptors (Lipinski definition) is 2. The Morgan fingerprint density at radius 1 is 1.50 bits per heavy atom. The van der Waals surface area contributed by atoms with Gasteiger partial charge in [0.2, 0.25) is 0 Å². The number of allylic oxidation sites excluding steroid dienone is 2. The molecule has 0 bridgehead atoms. The Balaban J connectivity index is 2.84. The van der Waals surface area contributed by atoms with Crippen LogP contribution in [0.4, 0.5) is 13.2 Å². The maximum Gasteiger partial charge on any atom is 0.417 e. The molecule has 0 saturated carbocycles. The summed E-state index contributed by atoms with van der Waals surface area (Å²) in [6.45, 7) is 0. The number of rotatable bonds is 0. The van der Waals surface area contributed by atoms with E-state index in [2.05, 4.69) is 0 Å². The molecule has 2 nitrogen and oxygen atoms in total. The minimum atomic E-state index is -4.34. The fraction of sp³-hybridized carbons (Fsp3) is 0.429. The van der Waals surface area contributed by atoms with Gasteiger partial charge in [0.15, 0.2) is 0 Å². The number of likely N-dealkylation sites (N-methyl/N-ethyl adjacent to an activating group) is 1. The predicted octanol–water partition coefficient (Wildman–Crippen LogP) is 1.25. The number of hydrogen-bond donors (Lipinski definition) is 1. The van der Waals surface area contributed by atoms with Crippen molar-refractivity contribution in [3.8, 4) is 0 Å². The van der Waals surface area contributed by atoms with Crippen molar-refractivity contribution in [3.63, 3.8) is 0 Å². The molecule has 68 valence electrons. The number of halogens is 3. The molecule has 1 aliphatic rings. The average molecular weight is 179 g/mol. The number of nitrogens with zero attached hydrogens (tertiary/aromatic N) is 1. The van der Waals surface area contributed by atoms with Gasteiger partial charge >= 0.3 is 6.18 Å². The summed E-state index contributed by atoms with van der Waals surface area (Å²) in [5, 5.41) is 8.99. The van der Waals surface area contributed by atoms with Gasteiger partial charge in [-0.25, -0.2) is 0 Å². The van der Waals surface area contributed by atoms with E-state index in [-0.39, 0.29) is 0 Å². The van der Waals surface area contributed by atoms with Crippen LogP contribution in [-0.4, -0.2) is 29.5 Å². The Hall–Kier alpha value is -0.970. The minimum Gasteiger partial charge on any atom is -0.370 e. The van der Waals surface area contributed by atoms with Crippen molar-refractivity contribution < 1.29 is 18.3 Å². The quantitative estimate of drug-likeness (QED) is 0.605. The first-order valence-electron chi connectivity index (χ1n) is 3.28. The van der Waals surface area contributed by atoms with Crippen LogP contribution in [0.25, 0.3) is 0 Å². The van der Waals surface area contributed by atoms with E-state index in [1.54, 1.807) is 0 Å². The smallest absolute Gasteiger partial charge is 0.370 e.